The molecular formula is C16H16ClNO3S. The van der Waals surface area contributed by atoms with Gasteiger partial charge in [-0.1, -0.05) is 11.6 Å². The van der Waals surface area contributed by atoms with Crippen LogP contribution in [-0.4, -0.2) is 23.3 Å². The monoisotopic (exact) mass is 337 g/mol. The first kappa shape index (κ1) is 16.7. The average Bonchev–Trinajstić information content (AvgIpc) is 3.05. The fourth-order valence-electron chi connectivity index (χ4n) is 1.89. The molecule has 0 aliphatic carbocycles. The summed E-state index contributed by atoms with van der Waals surface area (Å²) in [5.74, 6) is -0.359. The van der Waals surface area contributed by atoms with Crippen LogP contribution in [0.5, 0.6) is 0 Å². The molecule has 4 nitrogen and oxygen atoms in total. The summed E-state index contributed by atoms with van der Waals surface area (Å²) >= 11 is 7.25. The Kier molecular flexibility index (Phi) is 6.12. The van der Waals surface area contributed by atoms with Crippen LogP contribution in [0.4, 0.5) is 0 Å². The molecule has 0 bridgehead atoms. The fraction of sp³-hybridized carbons (Fsp3) is 0.250. The zero-order chi connectivity index (χ0) is 15.9. The first-order valence-corrected chi connectivity index (χ1v) is 8.14. The van der Waals surface area contributed by atoms with E-state index in [0.717, 1.165) is 5.56 Å². The molecule has 0 radical (unpaired) electrons. The van der Waals surface area contributed by atoms with Crippen LogP contribution in [-0.2, 0) is 4.79 Å². The number of amides is 1. The van der Waals surface area contributed by atoms with Crippen LogP contribution in [0.15, 0.2) is 41.1 Å². The van der Waals surface area contributed by atoms with Crippen molar-refractivity contribution in [2.75, 3.05) is 6.54 Å². The number of carbonyl (C=O) groups excluding carboxylic acids is 2. The number of rotatable bonds is 7. The highest BCUT2D eigenvalue weighted by molar-refractivity contribution is 7.07. The molecule has 2 N–H and O–H groups in total. The van der Waals surface area contributed by atoms with E-state index < -0.39 is 6.10 Å². The number of hydrogen-bond donors (Lipinski definition) is 2. The van der Waals surface area contributed by atoms with Gasteiger partial charge in [-0.15, -0.1) is 0 Å². The quantitative estimate of drug-likeness (QED) is 0.762. The van der Waals surface area contributed by atoms with E-state index in [4.69, 9.17) is 11.6 Å². The summed E-state index contributed by atoms with van der Waals surface area (Å²) < 4.78 is 0. The highest BCUT2D eigenvalue weighted by Crippen LogP contribution is 2.15. The molecule has 0 aliphatic heterocycles. The van der Waals surface area contributed by atoms with Gasteiger partial charge in [-0.3, -0.25) is 9.59 Å². The largest absolute Gasteiger partial charge is 0.387 e. The third kappa shape index (κ3) is 4.94. The van der Waals surface area contributed by atoms with E-state index in [-0.39, 0.29) is 31.1 Å². The molecule has 0 saturated carbocycles. The number of thiophene rings is 1. The van der Waals surface area contributed by atoms with Gasteiger partial charge in [0, 0.05) is 30.0 Å². The maximum absolute atomic E-state index is 11.9. The number of hydrogen-bond acceptors (Lipinski definition) is 4. The van der Waals surface area contributed by atoms with Crippen molar-refractivity contribution in [2.24, 2.45) is 0 Å². The molecule has 2 aromatic rings. The van der Waals surface area contributed by atoms with Crippen molar-refractivity contribution in [3.63, 3.8) is 0 Å². The first-order chi connectivity index (χ1) is 10.6. The number of Topliss-reactive ketones (excluding diaryl/α,β-unsaturated/α-hetero) is 1. The molecule has 22 heavy (non-hydrogen) atoms. The molecule has 6 heteroatoms. The van der Waals surface area contributed by atoms with Gasteiger partial charge < -0.3 is 10.4 Å². The molecule has 116 valence electrons. The lowest BCUT2D eigenvalue weighted by atomic mass is 10.1. The van der Waals surface area contributed by atoms with Crippen molar-refractivity contribution < 1.29 is 14.7 Å². The van der Waals surface area contributed by atoms with Gasteiger partial charge >= 0.3 is 0 Å². The third-order valence-electron chi connectivity index (χ3n) is 3.17. The van der Waals surface area contributed by atoms with E-state index >= 15 is 0 Å². The maximum atomic E-state index is 11.9. The Morgan fingerprint density at radius 1 is 1.18 bits per heavy atom. The molecule has 1 aromatic heterocycles. The topological polar surface area (TPSA) is 66.4 Å². The first-order valence-electron chi connectivity index (χ1n) is 6.82. The van der Waals surface area contributed by atoms with E-state index in [0.29, 0.717) is 10.6 Å². The molecule has 1 heterocycles. The van der Waals surface area contributed by atoms with Gasteiger partial charge in [0.15, 0.2) is 5.78 Å². The number of nitrogens with one attached hydrogen (secondary N) is 1. The number of benzene rings is 1. The van der Waals surface area contributed by atoms with Crippen molar-refractivity contribution in [3.05, 3.63) is 57.2 Å². The van der Waals surface area contributed by atoms with E-state index in [9.17, 15) is 14.7 Å². The van der Waals surface area contributed by atoms with Crippen molar-refractivity contribution in [2.45, 2.75) is 18.9 Å². The summed E-state index contributed by atoms with van der Waals surface area (Å²) in [6.07, 6.45) is -0.498. The number of carbonyl (C=O) groups is 2. The fourth-order valence-corrected chi connectivity index (χ4v) is 2.72. The summed E-state index contributed by atoms with van der Waals surface area (Å²) in [5, 5.41) is 16.7. The molecule has 0 aliphatic rings. The Bertz CT molecular complexity index is 625. The van der Waals surface area contributed by atoms with Gasteiger partial charge in [-0.2, -0.15) is 11.3 Å². The van der Waals surface area contributed by atoms with Gasteiger partial charge in [0.1, 0.15) is 0 Å². The lowest BCUT2D eigenvalue weighted by molar-refractivity contribution is -0.121. The lowest BCUT2D eigenvalue weighted by Gasteiger charge is -2.10. The van der Waals surface area contributed by atoms with E-state index in [1.165, 1.54) is 11.3 Å². The Morgan fingerprint density at radius 2 is 1.91 bits per heavy atom. The highest BCUT2D eigenvalue weighted by Gasteiger charge is 2.12. The van der Waals surface area contributed by atoms with Gasteiger partial charge in [-0.05, 0) is 46.7 Å². The predicted octanol–water partition coefficient (Wildman–Crippen LogP) is 3.21. The second-order valence-corrected chi connectivity index (χ2v) is 6.02. The molecule has 0 saturated heterocycles. The minimum Gasteiger partial charge on any atom is -0.387 e. The minimum atomic E-state index is -0.720. The van der Waals surface area contributed by atoms with Crippen LogP contribution in [0.2, 0.25) is 5.02 Å². The van der Waals surface area contributed by atoms with Crippen molar-refractivity contribution in [1.82, 2.24) is 5.32 Å². The van der Waals surface area contributed by atoms with Crippen molar-refractivity contribution in [1.29, 1.82) is 0 Å². The van der Waals surface area contributed by atoms with Crippen molar-refractivity contribution in [3.8, 4) is 0 Å². The lowest BCUT2D eigenvalue weighted by Crippen LogP contribution is -2.28. The van der Waals surface area contributed by atoms with Crippen LogP contribution in [0, 0.1) is 0 Å². The van der Waals surface area contributed by atoms with E-state index in [1.807, 2.05) is 16.8 Å². The number of aliphatic hydroxyl groups is 1. The highest BCUT2D eigenvalue weighted by atomic mass is 35.5. The number of ketones is 1. The summed E-state index contributed by atoms with van der Waals surface area (Å²) in [6, 6.07) is 8.38. The van der Waals surface area contributed by atoms with Crippen LogP contribution in [0.25, 0.3) is 0 Å². The van der Waals surface area contributed by atoms with Gasteiger partial charge in [-0.25, -0.2) is 0 Å². The second-order valence-electron chi connectivity index (χ2n) is 4.81. The second kappa shape index (κ2) is 8.08. The third-order valence-corrected chi connectivity index (χ3v) is 4.12. The van der Waals surface area contributed by atoms with Crippen molar-refractivity contribution >= 4 is 34.6 Å². The molecular weight excluding hydrogens is 322 g/mol. The Morgan fingerprint density at radius 3 is 2.55 bits per heavy atom. The molecule has 2 rings (SSSR count). The summed E-state index contributed by atoms with van der Waals surface area (Å²) in [6.45, 7) is 0.144. The van der Waals surface area contributed by atoms with Gasteiger partial charge in [0.25, 0.3) is 0 Å². The zero-order valence-corrected chi connectivity index (χ0v) is 13.4. The van der Waals surface area contributed by atoms with Crippen LogP contribution < -0.4 is 5.32 Å². The predicted molar refractivity (Wildman–Crippen MR) is 87.3 cm³/mol. The molecule has 0 spiro atoms. The molecule has 1 unspecified atom stereocenters. The normalized spacial score (nSPS) is 11.9. The molecule has 1 aromatic carbocycles. The Hall–Kier alpha value is -1.69. The summed E-state index contributed by atoms with van der Waals surface area (Å²) in [4.78, 5) is 23.6. The minimum absolute atomic E-state index is 0.0951. The van der Waals surface area contributed by atoms with Gasteiger partial charge in [0.2, 0.25) is 5.91 Å². The van der Waals surface area contributed by atoms with E-state index in [1.54, 1.807) is 24.3 Å². The van der Waals surface area contributed by atoms with Gasteiger partial charge in [0.05, 0.1) is 6.10 Å². The SMILES string of the molecule is O=C(CCC(=O)c1ccc(Cl)cc1)NCC(O)c1ccsc1. The van der Waals surface area contributed by atoms with Crippen LogP contribution in [0.3, 0.4) is 0 Å². The van der Waals surface area contributed by atoms with Crippen LogP contribution >= 0.6 is 22.9 Å². The zero-order valence-electron chi connectivity index (χ0n) is 11.8. The number of aliphatic hydroxyl groups excluding tert-OH is 1. The smallest absolute Gasteiger partial charge is 0.220 e. The standard InChI is InChI=1S/C16H16ClNO3S/c17-13-3-1-11(2-4-13)14(19)5-6-16(21)18-9-15(20)12-7-8-22-10-12/h1-4,7-8,10,15,20H,5-6,9H2,(H,18,21). The summed E-state index contributed by atoms with van der Waals surface area (Å²) in [5.41, 5.74) is 1.32. The molecule has 1 atom stereocenters. The summed E-state index contributed by atoms with van der Waals surface area (Å²) in [7, 11) is 0. The molecule has 0 fully saturated rings. The Balaban J connectivity index is 1.73. The van der Waals surface area contributed by atoms with Crippen LogP contribution in [0.1, 0.15) is 34.9 Å². The van der Waals surface area contributed by atoms with E-state index in [2.05, 4.69) is 5.32 Å². The Labute approximate surface area is 137 Å². The average molecular weight is 338 g/mol. The number of halogens is 1. The molecule has 1 amide bonds. The maximum Gasteiger partial charge on any atom is 0.220 e.